The zero-order chi connectivity index (χ0) is 15.1. The number of hydrogen-bond acceptors (Lipinski definition) is 5. The van der Waals surface area contributed by atoms with Crippen LogP contribution in [-0.2, 0) is 6.54 Å². The highest BCUT2D eigenvalue weighted by molar-refractivity contribution is 5.63. The first-order chi connectivity index (χ1) is 10.3. The molecular weight excluding hydrogens is 270 g/mol. The predicted octanol–water partition coefficient (Wildman–Crippen LogP) is 2.12. The number of aliphatic hydroxyl groups is 1. The van der Waals surface area contributed by atoms with Crippen LogP contribution in [0.1, 0.15) is 19.3 Å². The topological polar surface area (TPSA) is 69.4 Å². The first kappa shape index (κ1) is 15.3. The summed E-state index contributed by atoms with van der Waals surface area (Å²) >= 11 is 0. The van der Waals surface area contributed by atoms with Crippen molar-refractivity contribution in [2.24, 2.45) is 0 Å². The fourth-order valence-corrected chi connectivity index (χ4v) is 2.10. The maximum Gasteiger partial charge on any atom is 0.161 e. The van der Waals surface area contributed by atoms with Gasteiger partial charge in [0.1, 0.15) is 5.69 Å². The van der Waals surface area contributed by atoms with Crippen LogP contribution in [0.25, 0.3) is 11.3 Å². The molecule has 0 spiro atoms. The Morgan fingerprint density at radius 1 is 1.10 bits per heavy atom. The minimum atomic E-state index is 0.244. The highest BCUT2D eigenvalue weighted by Crippen LogP contribution is 2.31. The SMILES string of the molecule is COc1ccc(-c2cn(CCCCCO)nn2)cc1OC. The van der Waals surface area contributed by atoms with Crippen molar-refractivity contribution in [2.75, 3.05) is 20.8 Å². The molecule has 0 aliphatic carbocycles. The molecule has 21 heavy (non-hydrogen) atoms. The molecule has 1 aromatic carbocycles. The quantitative estimate of drug-likeness (QED) is 0.754. The van der Waals surface area contributed by atoms with Crippen molar-refractivity contribution in [1.29, 1.82) is 0 Å². The van der Waals surface area contributed by atoms with E-state index in [1.54, 1.807) is 14.2 Å². The third-order valence-corrected chi connectivity index (χ3v) is 3.26. The standard InChI is InChI=1S/C15H21N3O3/c1-20-14-7-6-12(10-15(14)21-2)13-11-18(17-16-13)8-4-3-5-9-19/h6-7,10-11,19H,3-5,8-9H2,1-2H3. The van der Waals surface area contributed by atoms with Gasteiger partial charge in [0.05, 0.1) is 20.4 Å². The molecule has 0 amide bonds. The lowest BCUT2D eigenvalue weighted by molar-refractivity contribution is 0.281. The van der Waals surface area contributed by atoms with E-state index < -0.39 is 0 Å². The highest BCUT2D eigenvalue weighted by Gasteiger charge is 2.09. The second-order valence-electron chi connectivity index (χ2n) is 4.72. The first-order valence-electron chi connectivity index (χ1n) is 7.02. The lowest BCUT2D eigenvalue weighted by Gasteiger charge is -2.08. The minimum Gasteiger partial charge on any atom is -0.493 e. The molecular formula is C15H21N3O3. The zero-order valence-corrected chi connectivity index (χ0v) is 12.5. The summed E-state index contributed by atoms with van der Waals surface area (Å²) in [5.41, 5.74) is 1.74. The number of benzene rings is 1. The van der Waals surface area contributed by atoms with E-state index in [4.69, 9.17) is 14.6 Å². The van der Waals surface area contributed by atoms with Crippen molar-refractivity contribution in [3.8, 4) is 22.8 Å². The summed E-state index contributed by atoms with van der Waals surface area (Å²) in [4.78, 5) is 0. The summed E-state index contributed by atoms with van der Waals surface area (Å²) in [6.07, 6.45) is 4.72. The van der Waals surface area contributed by atoms with Crippen molar-refractivity contribution < 1.29 is 14.6 Å². The fraction of sp³-hybridized carbons (Fsp3) is 0.467. The van der Waals surface area contributed by atoms with Gasteiger partial charge in [0.15, 0.2) is 11.5 Å². The Labute approximate surface area is 124 Å². The van der Waals surface area contributed by atoms with Crippen molar-refractivity contribution in [2.45, 2.75) is 25.8 Å². The molecule has 2 aromatic rings. The molecule has 0 aliphatic rings. The molecule has 114 valence electrons. The van der Waals surface area contributed by atoms with Crippen LogP contribution < -0.4 is 9.47 Å². The Kier molecular flexibility index (Phi) is 5.57. The second kappa shape index (κ2) is 7.64. The normalized spacial score (nSPS) is 10.6. The number of aliphatic hydroxyl groups excluding tert-OH is 1. The van der Waals surface area contributed by atoms with Gasteiger partial charge in [0.2, 0.25) is 0 Å². The van der Waals surface area contributed by atoms with Crippen molar-refractivity contribution in [1.82, 2.24) is 15.0 Å². The zero-order valence-electron chi connectivity index (χ0n) is 12.5. The molecule has 6 heteroatoms. The lowest BCUT2D eigenvalue weighted by Crippen LogP contribution is -1.99. The van der Waals surface area contributed by atoms with Crippen molar-refractivity contribution >= 4 is 0 Å². The number of rotatable bonds is 8. The van der Waals surface area contributed by atoms with E-state index in [2.05, 4.69) is 10.3 Å². The maximum atomic E-state index is 8.75. The van der Waals surface area contributed by atoms with Crippen LogP contribution in [-0.4, -0.2) is 40.9 Å². The summed E-state index contributed by atoms with van der Waals surface area (Å²) in [6, 6.07) is 5.68. The highest BCUT2D eigenvalue weighted by atomic mass is 16.5. The van der Waals surface area contributed by atoms with Crippen LogP contribution in [0.4, 0.5) is 0 Å². The summed E-state index contributed by atoms with van der Waals surface area (Å²) in [7, 11) is 3.22. The third kappa shape index (κ3) is 3.95. The van der Waals surface area contributed by atoms with E-state index in [1.807, 2.05) is 29.1 Å². The van der Waals surface area contributed by atoms with Crippen LogP contribution >= 0.6 is 0 Å². The molecule has 0 radical (unpaired) electrons. The van der Waals surface area contributed by atoms with Crippen molar-refractivity contribution in [3.05, 3.63) is 24.4 Å². The molecule has 0 aliphatic heterocycles. The molecule has 0 saturated carbocycles. The van der Waals surface area contributed by atoms with E-state index in [9.17, 15) is 0 Å². The van der Waals surface area contributed by atoms with Gasteiger partial charge in [-0.15, -0.1) is 5.10 Å². The number of aryl methyl sites for hydroxylation is 1. The van der Waals surface area contributed by atoms with Gasteiger partial charge < -0.3 is 14.6 Å². The van der Waals surface area contributed by atoms with Gasteiger partial charge in [-0.05, 0) is 37.5 Å². The Morgan fingerprint density at radius 2 is 1.90 bits per heavy atom. The maximum absolute atomic E-state index is 8.75. The average Bonchev–Trinajstić information content (AvgIpc) is 2.99. The van der Waals surface area contributed by atoms with Gasteiger partial charge >= 0.3 is 0 Å². The second-order valence-corrected chi connectivity index (χ2v) is 4.72. The van der Waals surface area contributed by atoms with Crippen LogP contribution in [0.2, 0.25) is 0 Å². The monoisotopic (exact) mass is 291 g/mol. The summed E-state index contributed by atoms with van der Waals surface area (Å²) in [5.74, 6) is 1.37. The van der Waals surface area contributed by atoms with Crippen molar-refractivity contribution in [3.63, 3.8) is 0 Å². The van der Waals surface area contributed by atoms with Gasteiger partial charge in [0, 0.05) is 18.7 Å². The average molecular weight is 291 g/mol. The van der Waals surface area contributed by atoms with Gasteiger partial charge in [0.25, 0.3) is 0 Å². The van der Waals surface area contributed by atoms with Crippen LogP contribution in [0.5, 0.6) is 11.5 Å². The number of aromatic nitrogens is 3. The number of nitrogens with zero attached hydrogens (tertiary/aromatic N) is 3. The molecule has 0 saturated heterocycles. The van der Waals surface area contributed by atoms with E-state index in [0.29, 0.717) is 11.5 Å². The van der Waals surface area contributed by atoms with E-state index in [-0.39, 0.29) is 6.61 Å². The van der Waals surface area contributed by atoms with Gasteiger partial charge in [-0.2, -0.15) is 0 Å². The Bertz CT molecular complexity index is 569. The van der Waals surface area contributed by atoms with E-state index in [1.165, 1.54) is 0 Å². The molecule has 1 aromatic heterocycles. The molecule has 0 fully saturated rings. The minimum absolute atomic E-state index is 0.244. The number of unbranched alkanes of at least 4 members (excludes halogenated alkanes) is 2. The lowest BCUT2D eigenvalue weighted by atomic mass is 10.1. The Balaban J connectivity index is 2.06. The molecule has 0 unspecified atom stereocenters. The molecule has 2 rings (SSSR count). The molecule has 0 bridgehead atoms. The molecule has 1 heterocycles. The number of methoxy groups -OCH3 is 2. The molecule has 0 atom stereocenters. The summed E-state index contributed by atoms with van der Waals surface area (Å²) < 4.78 is 12.3. The van der Waals surface area contributed by atoms with Crippen LogP contribution in [0, 0.1) is 0 Å². The van der Waals surface area contributed by atoms with E-state index in [0.717, 1.165) is 37.1 Å². The Morgan fingerprint density at radius 3 is 2.62 bits per heavy atom. The van der Waals surface area contributed by atoms with Crippen LogP contribution in [0.15, 0.2) is 24.4 Å². The smallest absolute Gasteiger partial charge is 0.161 e. The third-order valence-electron chi connectivity index (χ3n) is 3.26. The predicted molar refractivity (Wildman–Crippen MR) is 79.5 cm³/mol. The van der Waals surface area contributed by atoms with Gasteiger partial charge in [-0.1, -0.05) is 5.21 Å². The van der Waals surface area contributed by atoms with E-state index >= 15 is 0 Å². The number of ether oxygens (including phenoxy) is 2. The first-order valence-corrected chi connectivity index (χ1v) is 7.02. The fourth-order valence-electron chi connectivity index (χ4n) is 2.10. The molecule has 1 N–H and O–H groups in total. The summed E-state index contributed by atoms with van der Waals surface area (Å²) in [6.45, 7) is 1.05. The van der Waals surface area contributed by atoms with Gasteiger partial charge in [-0.3, -0.25) is 4.68 Å². The van der Waals surface area contributed by atoms with Crippen LogP contribution in [0.3, 0.4) is 0 Å². The summed E-state index contributed by atoms with van der Waals surface area (Å²) in [5, 5.41) is 17.1. The number of hydrogen-bond donors (Lipinski definition) is 1. The largest absolute Gasteiger partial charge is 0.493 e. The Hall–Kier alpha value is -2.08. The van der Waals surface area contributed by atoms with Gasteiger partial charge in [-0.25, -0.2) is 0 Å². The molecule has 6 nitrogen and oxygen atoms in total.